The van der Waals surface area contributed by atoms with Gasteiger partial charge in [0.15, 0.2) is 0 Å². The van der Waals surface area contributed by atoms with Crippen molar-refractivity contribution in [2.75, 3.05) is 7.11 Å². The van der Waals surface area contributed by atoms with Gasteiger partial charge in [0, 0.05) is 15.9 Å². The number of rotatable bonds is 3. The first-order valence-corrected chi connectivity index (χ1v) is 6.42. The van der Waals surface area contributed by atoms with E-state index in [1.165, 1.54) is 10.9 Å². The SMILES string of the molecule is COc1cc(CC(C)N)c(Br)c2ccccc12.Cl. The largest absolute Gasteiger partial charge is 0.496 e. The first-order chi connectivity index (χ1) is 8.13. The molecule has 0 spiro atoms. The summed E-state index contributed by atoms with van der Waals surface area (Å²) in [4.78, 5) is 0. The van der Waals surface area contributed by atoms with Crippen LogP contribution in [0.2, 0.25) is 0 Å². The van der Waals surface area contributed by atoms with Crippen molar-refractivity contribution in [3.63, 3.8) is 0 Å². The van der Waals surface area contributed by atoms with E-state index in [1.807, 2.05) is 19.1 Å². The maximum Gasteiger partial charge on any atom is 0.127 e. The van der Waals surface area contributed by atoms with Crippen molar-refractivity contribution in [1.82, 2.24) is 0 Å². The zero-order chi connectivity index (χ0) is 12.4. The molecule has 2 aromatic carbocycles. The minimum Gasteiger partial charge on any atom is -0.496 e. The van der Waals surface area contributed by atoms with Crippen LogP contribution in [0.4, 0.5) is 0 Å². The summed E-state index contributed by atoms with van der Waals surface area (Å²) < 4.78 is 6.56. The Kier molecular flexibility index (Phi) is 5.45. The lowest BCUT2D eigenvalue weighted by atomic mass is 10.0. The van der Waals surface area contributed by atoms with Crippen molar-refractivity contribution >= 4 is 39.1 Å². The molecule has 0 saturated carbocycles. The van der Waals surface area contributed by atoms with Crippen LogP contribution in [0.1, 0.15) is 12.5 Å². The molecule has 0 bridgehead atoms. The number of fused-ring (bicyclic) bond motifs is 1. The lowest BCUT2D eigenvalue weighted by Crippen LogP contribution is -2.18. The van der Waals surface area contributed by atoms with Gasteiger partial charge in [-0.3, -0.25) is 0 Å². The number of hydrogen-bond acceptors (Lipinski definition) is 2. The van der Waals surface area contributed by atoms with Crippen molar-refractivity contribution in [3.05, 3.63) is 40.4 Å². The molecule has 98 valence electrons. The van der Waals surface area contributed by atoms with Gasteiger partial charge in [0.05, 0.1) is 7.11 Å². The van der Waals surface area contributed by atoms with Crippen LogP contribution in [-0.2, 0) is 6.42 Å². The molecule has 0 fully saturated rings. The molecule has 0 aliphatic carbocycles. The standard InChI is InChI=1S/C14H16BrNO.ClH/c1-9(16)7-10-8-13(17-2)11-5-3-4-6-12(11)14(10)15;/h3-6,8-9H,7,16H2,1-2H3;1H. The molecule has 1 atom stereocenters. The Labute approximate surface area is 122 Å². The molecule has 0 aliphatic rings. The third-order valence-electron chi connectivity index (χ3n) is 2.78. The maximum atomic E-state index is 5.87. The first-order valence-electron chi connectivity index (χ1n) is 5.63. The predicted molar refractivity (Wildman–Crippen MR) is 82.8 cm³/mol. The third-order valence-corrected chi connectivity index (χ3v) is 3.71. The summed E-state index contributed by atoms with van der Waals surface area (Å²) in [7, 11) is 1.70. The molecule has 0 amide bonds. The highest BCUT2D eigenvalue weighted by molar-refractivity contribution is 9.10. The molecule has 2 rings (SSSR count). The van der Waals surface area contributed by atoms with Gasteiger partial charge >= 0.3 is 0 Å². The second-order valence-corrected chi connectivity index (χ2v) is 5.07. The summed E-state index contributed by atoms with van der Waals surface area (Å²) in [5.74, 6) is 0.902. The molecule has 0 aliphatic heterocycles. The summed E-state index contributed by atoms with van der Waals surface area (Å²) in [5.41, 5.74) is 7.06. The fourth-order valence-electron chi connectivity index (χ4n) is 2.03. The normalized spacial score (nSPS) is 12.0. The minimum absolute atomic E-state index is 0. The maximum absolute atomic E-state index is 5.87. The van der Waals surface area contributed by atoms with E-state index in [4.69, 9.17) is 10.5 Å². The van der Waals surface area contributed by atoms with Gasteiger partial charge in [-0.1, -0.05) is 24.3 Å². The van der Waals surface area contributed by atoms with Gasteiger partial charge < -0.3 is 10.5 Å². The van der Waals surface area contributed by atoms with Gasteiger partial charge in [-0.05, 0) is 46.3 Å². The zero-order valence-corrected chi connectivity index (χ0v) is 12.8. The molecular formula is C14H17BrClNO. The van der Waals surface area contributed by atoms with Crippen LogP contribution in [0.5, 0.6) is 5.75 Å². The van der Waals surface area contributed by atoms with Gasteiger partial charge in [-0.15, -0.1) is 12.4 Å². The Balaban J connectivity index is 0.00000162. The van der Waals surface area contributed by atoms with Gasteiger partial charge in [-0.2, -0.15) is 0 Å². The second-order valence-electron chi connectivity index (χ2n) is 4.28. The lowest BCUT2D eigenvalue weighted by molar-refractivity contribution is 0.419. The number of ether oxygens (including phenoxy) is 1. The van der Waals surface area contributed by atoms with E-state index in [9.17, 15) is 0 Å². The van der Waals surface area contributed by atoms with Crippen LogP contribution in [0.25, 0.3) is 10.8 Å². The molecule has 0 heterocycles. The molecule has 2 nitrogen and oxygen atoms in total. The number of halogens is 2. The predicted octanol–water partition coefficient (Wildman–Crippen LogP) is 3.92. The zero-order valence-electron chi connectivity index (χ0n) is 10.4. The quantitative estimate of drug-likeness (QED) is 0.925. The van der Waals surface area contributed by atoms with Crippen LogP contribution < -0.4 is 10.5 Å². The van der Waals surface area contributed by atoms with Gasteiger partial charge in [-0.25, -0.2) is 0 Å². The second kappa shape index (κ2) is 6.41. The molecule has 0 saturated heterocycles. The van der Waals surface area contributed by atoms with Crippen LogP contribution >= 0.6 is 28.3 Å². The van der Waals surface area contributed by atoms with E-state index < -0.39 is 0 Å². The van der Waals surface area contributed by atoms with Gasteiger partial charge in [0.25, 0.3) is 0 Å². The average molecular weight is 331 g/mol. The smallest absolute Gasteiger partial charge is 0.127 e. The van der Waals surface area contributed by atoms with Crippen LogP contribution in [0, 0.1) is 0 Å². The molecular weight excluding hydrogens is 314 g/mol. The van der Waals surface area contributed by atoms with E-state index >= 15 is 0 Å². The van der Waals surface area contributed by atoms with E-state index in [1.54, 1.807) is 7.11 Å². The summed E-state index contributed by atoms with van der Waals surface area (Å²) in [6.07, 6.45) is 0.835. The van der Waals surface area contributed by atoms with Gasteiger partial charge in [0.2, 0.25) is 0 Å². The van der Waals surface area contributed by atoms with Crippen LogP contribution in [-0.4, -0.2) is 13.2 Å². The van der Waals surface area contributed by atoms with Crippen molar-refractivity contribution in [1.29, 1.82) is 0 Å². The number of methoxy groups -OCH3 is 1. The lowest BCUT2D eigenvalue weighted by Gasteiger charge is -2.13. The van der Waals surface area contributed by atoms with Gasteiger partial charge in [0.1, 0.15) is 5.75 Å². The van der Waals surface area contributed by atoms with Crippen molar-refractivity contribution in [2.24, 2.45) is 5.73 Å². The van der Waals surface area contributed by atoms with Crippen molar-refractivity contribution in [2.45, 2.75) is 19.4 Å². The molecule has 2 N–H and O–H groups in total. The highest BCUT2D eigenvalue weighted by atomic mass is 79.9. The van der Waals surface area contributed by atoms with Crippen molar-refractivity contribution < 1.29 is 4.74 Å². The minimum atomic E-state index is 0. The Morgan fingerprint density at radius 3 is 2.44 bits per heavy atom. The van der Waals surface area contributed by atoms with Crippen molar-refractivity contribution in [3.8, 4) is 5.75 Å². The van der Waals surface area contributed by atoms with Crippen LogP contribution in [0.15, 0.2) is 34.8 Å². The molecule has 1 unspecified atom stereocenters. The van der Waals surface area contributed by atoms with Crippen LogP contribution in [0.3, 0.4) is 0 Å². The highest BCUT2D eigenvalue weighted by Gasteiger charge is 2.11. The summed E-state index contributed by atoms with van der Waals surface area (Å²) in [5, 5.41) is 2.29. The Morgan fingerprint density at radius 2 is 1.89 bits per heavy atom. The molecule has 4 heteroatoms. The molecule has 0 aromatic heterocycles. The molecule has 2 aromatic rings. The molecule has 18 heavy (non-hydrogen) atoms. The summed E-state index contributed by atoms with van der Waals surface area (Å²) >= 11 is 3.66. The monoisotopic (exact) mass is 329 g/mol. The third kappa shape index (κ3) is 2.97. The summed E-state index contributed by atoms with van der Waals surface area (Å²) in [6.45, 7) is 2.01. The Hall–Kier alpha value is -0.770. The van der Waals surface area contributed by atoms with E-state index in [0.29, 0.717) is 0 Å². The number of hydrogen-bond donors (Lipinski definition) is 1. The van der Waals surface area contributed by atoms with E-state index in [0.717, 1.165) is 22.0 Å². The van der Waals surface area contributed by atoms with E-state index in [2.05, 4.69) is 34.1 Å². The van der Waals surface area contributed by atoms with E-state index in [-0.39, 0.29) is 18.4 Å². The number of benzene rings is 2. The Bertz CT molecular complexity index is 543. The molecule has 0 radical (unpaired) electrons. The first kappa shape index (κ1) is 15.3. The topological polar surface area (TPSA) is 35.2 Å². The average Bonchev–Trinajstić information content (AvgIpc) is 2.32. The Morgan fingerprint density at radius 1 is 1.28 bits per heavy atom. The fraction of sp³-hybridized carbons (Fsp3) is 0.286. The fourth-order valence-corrected chi connectivity index (χ4v) is 2.65. The highest BCUT2D eigenvalue weighted by Crippen LogP contribution is 2.35. The number of nitrogens with two attached hydrogens (primary N) is 1. The summed E-state index contributed by atoms with van der Waals surface area (Å²) in [6, 6.07) is 10.4.